The van der Waals surface area contributed by atoms with Crippen LogP contribution in [0.3, 0.4) is 0 Å². The first kappa shape index (κ1) is 13.8. The Kier molecular flexibility index (Phi) is 3.37. The van der Waals surface area contributed by atoms with Gasteiger partial charge in [-0.05, 0) is 30.5 Å². The molecule has 1 saturated heterocycles. The van der Waals surface area contributed by atoms with Gasteiger partial charge in [0, 0.05) is 30.2 Å². The van der Waals surface area contributed by atoms with Crippen molar-refractivity contribution in [1.29, 1.82) is 0 Å². The van der Waals surface area contributed by atoms with E-state index in [9.17, 15) is 4.79 Å². The summed E-state index contributed by atoms with van der Waals surface area (Å²) in [4.78, 5) is 14.1. The molecule has 4 rings (SSSR count). The number of carbonyl (C=O) groups is 1. The van der Waals surface area contributed by atoms with E-state index in [1.54, 1.807) is 0 Å². The van der Waals surface area contributed by atoms with Crippen LogP contribution < -0.4 is 0 Å². The summed E-state index contributed by atoms with van der Waals surface area (Å²) in [6.07, 6.45) is 4.93. The Labute approximate surface area is 133 Å². The summed E-state index contributed by atoms with van der Waals surface area (Å²) in [6, 6.07) is 7.71. The van der Waals surface area contributed by atoms with Crippen LogP contribution in [0.5, 0.6) is 0 Å². The summed E-state index contributed by atoms with van der Waals surface area (Å²) in [6.45, 7) is 1.44. The third-order valence-corrected chi connectivity index (χ3v) is 4.63. The van der Waals surface area contributed by atoms with Crippen LogP contribution in [0, 0.1) is 0 Å². The van der Waals surface area contributed by atoms with Gasteiger partial charge in [0.2, 0.25) is 5.91 Å². The van der Waals surface area contributed by atoms with Crippen LogP contribution in [0.1, 0.15) is 36.1 Å². The van der Waals surface area contributed by atoms with Crippen LogP contribution in [0.25, 0.3) is 0 Å². The third kappa shape index (κ3) is 2.73. The van der Waals surface area contributed by atoms with Gasteiger partial charge in [0.15, 0.2) is 0 Å². The van der Waals surface area contributed by atoms with E-state index >= 15 is 0 Å². The lowest BCUT2D eigenvalue weighted by atomic mass is 10.1. The minimum Gasteiger partial charge on any atom is -0.338 e. The normalized spacial score (nSPS) is 18.3. The maximum Gasteiger partial charge on any atom is 0.227 e. The van der Waals surface area contributed by atoms with Crippen LogP contribution in [-0.4, -0.2) is 38.9 Å². The molecule has 1 aromatic carbocycles. The Bertz CT molecular complexity index is 686. The maximum atomic E-state index is 12.2. The Morgan fingerprint density at radius 3 is 2.64 bits per heavy atom. The zero-order chi connectivity index (χ0) is 15.1. The first-order valence-corrected chi connectivity index (χ1v) is 8.01. The van der Waals surface area contributed by atoms with Crippen molar-refractivity contribution in [2.24, 2.45) is 0 Å². The van der Waals surface area contributed by atoms with Crippen molar-refractivity contribution in [3.05, 3.63) is 46.7 Å². The average Bonchev–Trinajstić information content (AvgIpc) is 3.20. The van der Waals surface area contributed by atoms with Crippen molar-refractivity contribution in [2.45, 2.75) is 31.2 Å². The first-order valence-electron chi connectivity index (χ1n) is 7.63. The fraction of sp³-hybridized carbons (Fsp3) is 0.438. The Morgan fingerprint density at radius 2 is 1.95 bits per heavy atom. The smallest absolute Gasteiger partial charge is 0.227 e. The number of halogens is 1. The number of rotatable bonds is 4. The number of likely N-dealkylation sites (tertiary alicyclic amines) is 1. The number of carbonyl (C=O) groups excluding carboxylic acids is 1. The summed E-state index contributed by atoms with van der Waals surface area (Å²) < 4.78 is 1.92. The quantitative estimate of drug-likeness (QED) is 0.870. The minimum atomic E-state index is 0.154. The van der Waals surface area contributed by atoms with Gasteiger partial charge < -0.3 is 4.90 Å². The molecule has 1 aliphatic heterocycles. The third-order valence-electron chi connectivity index (χ3n) is 4.38. The van der Waals surface area contributed by atoms with Gasteiger partial charge in [0.25, 0.3) is 0 Å². The molecule has 1 amide bonds. The molecule has 1 aliphatic carbocycles. The maximum absolute atomic E-state index is 12.2. The van der Waals surface area contributed by atoms with Crippen LogP contribution >= 0.6 is 11.6 Å². The zero-order valence-electron chi connectivity index (χ0n) is 12.2. The highest BCUT2D eigenvalue weighted by Crippen LogP contribution is 2.39. The van der Waals surface area contributed by atoms with Crippen LogP contribution in [-0.2, 0) is 11.2 Å². The van der Waals surface area contributed by atoms with E-state index in [1.165, 1.54) is 12.8 Å². The fourth-order valence-corrected chi connectivity index (χ4v) is 2.88. The summed E-state index contributed by atoms with van der Waals surface area (Å²) >= 11 is 5.85. The van der Waals surface area contributed by atoms with E-state index in [1.807, 2.05) is 40.0 Å². The number of benzene rings is 1. The number of nitrogens with zero attached hydrogens (tertiary/aromatic N) is 4. The van der Waals surface area contributed by atoms with Gasteiger partial charge in [0.05, 0.1) is 18.2 Å². The van der Waals surface area contributed by atoms with Crippen molar-refractivity contribution in [3.8, 4) is 0 Å². The summed E-state index contributed by atoms with van der Waals surface area (Å²) in [5.74, 6) is 0.776. The van der Waals surface area contributed by atoms with Gasteiger partial charge in [-0.15, -0.1) is 5.10 Å². The predicted octanol–water partition coefficient (Wildman–Crippen LogP) is 2.43. The molecule has 0 atom stereocenters. The van der Waals surface area contributed by atoms with Gasteiger partial charge in [-0.2, -0.15) is 0 Å². The van der Waals surface area contributed by atoms with Gasteiger partial charge >= 0.3 is 0 Å². The molecule has 114 valence electrons. The Balaban J connectivity index is 1.32. The molecule has 2 aromatic rings. The average molecular weight is 317 g/mol. The lowest BCUT2D eigenvalue weighted by molar-refractivity contribution is -0.136. The molecule has 1 aromatic heterocycles. The molecule has 22 heavy (non-hydrogen) atoms. The van der Waals surface area contributed by atoms with E-state index in [4.69, 9.17) is 11.6 Å². The van der Waals surface area contributed by atoms with Crippen molar-refractivity contribution in [1.82, 2.24) is 19.9 Å². The van der Waals surface area contributed by atoms with Gasteiger partial charge in [-0.25, -0.2) is 4.68 Å². The molecule has 2 fully saturated rings. The van der Waals surface area contributed by atoms with Gasteiger partial charge in [0.1, 0.15) is 0 Å². The largest absolute Gasteiger partial charge is 0.338 e. The van der Waals surface area contributed by atoms with Crippen molar-refractivity contribution in [2.75, 3.05) is 13.1 Å². The molecule has 2 heterocycles. The molecule has 2 aliphatic rings. The van der Waals surface area contributed by atoms with Crippen LogP contribution in [0.2, 0.25) is 5.02 Å². The van der Waals surface area contributed by atoms with Crippen LogP contribution in [0.15, 0.2) is 30.5 Å². The van der Waals surface area contributed by atoms with Crippen molar-refractivity contribution >= 4 is 17.5 Å². The summed E-state index contributed by atoms with van der Waals surface area (Å²) in [7, 11) is 0. The second kappa shape index (κ2) is 5.39. The van der Waals surface area contributed by atoms with E-state index < -0.39 is 0 Å². The van der Waals surface area contributed by atoms with Gasteiger partial charge in [-0.1, -0.05) is 28.9 Å². The van der Waals surface area contributed by atoms with E-state index in [0.29, 0.717) is 17.4 Å². The van der Waals surface area contributed by atoms with E-state index in [2.05, 4.69) is 10.3 Å². The topological polar surface area (TPSA) is 51.0 Å². The fourth-order valence-electron chi connectivity index (χ4n) is 2.75. The highest BCUT2D eigenvalue weighted by atomic mass is 35.5. The standard InChI is InChI=1S/C16H17ClN4O/c17-13-5-1-11(2-6-13)7-16(22)20-8-14(9-20)21-10-15(18-19-21)12-3-4-12/h1-2,5-6,10,12,14H,3-4,7-9H2. The molecular weight excluding hydrogens is 300 g/mol. The molecule has 5 nitrogen and oxygen atoms in total. The molecule has 0 spiro atoms. The lowest BCUT2D eigenvalue weighted by Crippen LogP contribution is -2.51. The monoisotopic (exact) mass is 316 g/mol. The second-order valence-corrected chi connectivity index (χ2v) is 6.59. The highest BCUT2D eigenvalue weighted by molar-refractivity contribution is 6.30. The van der Waals surface area contributed by atoms with Gasteiger partial charge in [-0.3, -0.25) is 4.79 Å². The number of hydrogen-bond acceptors (Lipinski definition) is 3. The highest BCUT2D eigenvalue weighted by Gasteiger charge is 2.34. The molecule has 6 heteroatoms. The van der Waals surface area contributed by atoms with E-state index in [-0.39, 0.29) is 11.9 Å². The molecule has 0 radical (unpaired) electrons. The van der Waals surface area contributed by atoms with E-state index in [0.717, 1.165) is 24.3 Å². The molecule has 1 saturated carbocycles. The number of hydrogen-bond donors (Lipinski definition) is 0. The van der Waals surface area contributed by atoms with Crippen LogP contribution in [0.4, 0.5) is 0 Å². The Hall–Kier alpha value is -1.88. The molecule has 0 unspecified atom stereocenters. The summed E-state index contributed by atoms with van der Waals surface area (Å²) in [5.41, 5.74) is 2.10. The minimum absolute atomic E-state index is 0.154. The molecule has 0 N–H and O–H groups in total. The van der Waals surface area contributed by atoms with Crippen molar-refractivity contribution < 1.29 is 4.79 Å². The first-order chi connectivity index (χ1) is 10.7. The summed E-state index contributed by atoms with van der Waals surface area (Å²) in [5, 5.41) is 9.12. The second-order valence-electron chi connectivity index (χ2n) is 6.15. The Morgan fingerprint density at radius 1 is 1.23 bits per heavy atom. The zero-order valence-corrected chi connectivity index (χ0v) is 12.9. The number of amides is 1. The number of aromatic nitrogens is 3. The van der Waals surface area contributed by atoms with Crippen molar-refractivity contribution in [3.63, 3.8) is 0 Å². The molecule has 0 bridgehead atoms. The predicted molar refractivity (Wildman–Crippen MR) is 82.8 cm³/mol. The lowest BCUT2D eigenvalue weighted by Gasteiger charge is -2.39. The SMILES string of the molecule is O=C(Cc1ccc(Cl)cc1)N1CC(n2cc(C3CC3)nn2)C1. The molecular formula is C16H17ClN4O.